The van der Waals surface area contributed by atoms with Crippen LogP contribution >= 0.6 is 0 Å². The van der Waals surface area contributed by atoms with Gasteiger partial charge in [-0.15, -0.1) is 0 Å². The van der Waals surface area contributed by atoms with E-state index < -0.39 is 0 Å². The van der Waals surface area contributed by atoms with E-state index in [4.69, 9.17) is 0 Å². The fourth-order valence-corrected chi connectivity index (χ4v) is 7.76. The molecule has 0 nitrogen and oxygen atoms in total. The van der Waals surface area contributed by atoms with Crippen LogP contribution in [0.15, 0.2) is 11.1 Å². The van der Waals surface area contributed by atoms with Gasteiger partial charge in [-0.1, -0.05) is 11.1 Å². The molecule has 0 aromatic rings. The highest BCUT2D eigenvalue weighted by Gasteiger charge is 3.01. The summed E-state index contributed by atoms with van der Waals surface area (Å²) in [5.41, 5.74) is 5.96. The largest absolute Gasteiger partial charge is 0.0670 e. The lowest BCUT2D eigenvalue weighted by atomic mass is 9.56. The van der Waals surface area contributed by atoms with Gasteiger partial charge in [0, 0.05) is 0 Å². The van der Waals surface area contributed by atoms with Crippen molar-refractivity contribution in [2.45, 2.75) is 44.9 Å². The maximum atomic E-state index is 2.02. The Hall–Kier alpha value is -0.260. The highest BCUT2D eigenvalue weighted by molar-refractivity contribution is 5.56. The number of rotatable bonds is 0. The smallest absolute Gasteiger partial charge is 0.00985 e. The van der Waals surface area contributed by atoms with Crippen LogP contribution in [0.3, 0.4) is 0 Å². The van der Waals surface area contributed by atoms with E-state index in [1.165, 1.54) is 31.1 Å². The summed E-state index contributed by atoms with van der Waals surface area (Å²) in [6, 6.07) is 0. The van der Waals surface area contributed by atoms with Crippen molar-refractivity contribution in [3.63, 3.8) is 0 Å². The molecule has 8 aliphatic carbocycles. The van der Waals surface area contributed by atoms with Gasteiger partial charge in [0.1, 0.15) is 0 Å². The van der Waals surface area contributed by atoms with Crippen LogP contribution in [0.2, 0.25) is 0 Å². The van der Waals surface area contributed by atoms with Crippen molar-refractivity contribution in [1.82, 2.24) is 0 Å². The Morgan fingerprint density at radius 3 is 2.67 bits per heavy atom. The third-order valence-corrected chi connectivity index (χ3v) is 7.66. The zero-order valence-corrected chi connectivity index (χ0v) is 9.26. The highest BCUT2D eigenvalue weighted by atomic mass is 15.0. The minimum Gasteiger partial charge on any atom is -0.0670 e. The minimum absolute atomic E-state index is 0.948. The molecule has 15 heavy (non-hydrogen) atoms. The first-order valence-corrected chi connectivity index (χ1v) is 7.14. The van der Waals surface area contributed by atoms with E-state index in [9.17, 15) is 0 Å². The normalized spacial score (nSPS) is 70.4. The topological polar surface area (TPSA) is 0 Å². The van der Waals surface area contributed by atoms with Gasteiger partial charge in [0.15, 0.2) is 0 Å². The second kappa shape index (κ2) is 1.65. The van der Waals surface area contributed by atoms with E-state index >= 15 is 0 Å². The van der Waals surface area contributed by atoms with Crippen LogP contribution < -0.4 is 0 Å². The fraction of sp³-hybridized carbons (Fsp3) is 0.867. The second-order valence-corrected chi connectivity index (χ2v) is 7.18. The first-order valence-electron chi connectivity index (χ1n) is 7.14. The summed E-state index contributed by atoms with van der Waals surface area (Å²) in [6.45, 7) is 0. The van der Waals surface area contributed by atoms with Gasteiger partial charge in [-0.2, -0.15) is 0 Å². The average Bonchev–Trinajstić information content (AvgIpc) is 2.86. The summed E-state index contributed by atoms with van der Waals surface area (Å²) in [5, 5.41) is 0. The first-order chi connectivity index (χ1) is 7.42. The molecular weight excluding hydrogens is 180 g/mol. The third kappa shape index (κ3) is 0.413. The van der Waals surface area contributed by atoms with Crippen LogP contribution in [0.5, 0.6) is 0 Å². The van der Waals surface area contributed by atoms with Crippen molar-refractivity contribution < 1.29 is 0 Å². The molecule has 6 atom stereocenters. The summed E-state index contributed by atoms with van der Waals surface area (Å²) < 4.78 is 0. The van der Waals surface area contributed by atoms with Gasteiger partial charge in [-0.25, -0.2) is 0 Å². The molecule has 0 aromatic carbocycles. The van der Waals surface area contributed by atoms with Gasteiger partial charge in [0.25, 0.3) is 0 Å². The lowest BCUT2D eigenvalue weighted by Gasteiger charge is -2.48. The van der Waals surface area contributed by atoms with E-state index in [0.29, 0.717) is 0 Å². The Bertz CT molecular complexity index is 417. The second-order valence-electron chi connectivity index (χ2n) is 7.18. The number of hydrogen-bond donors (Lipinski definition) is 0. The lowest BCUT2D eigenvalue weighted by molar-refractivity contribution is 0.101. The molecule has 0 heterocycles. The maximum Gasteiger partial charge on any atom is -0.00985 e. The van der Waals surface area contributed by atoms with E-state index in [1.54, 1.807) is 25.7 Å². The molecule has 0 radical (unpaired) electrons. The standard InChI is InChI=1S/C15H18/c1-2-8-9(3-1)11-5-4-10(8)14-7-6-12-13(14)15(11,12)14/h10-13H,1-7H2/t10-,11+,12-,13?,14-,15-/m0/s1. The molecule has 0 amide bonds. The Kier molecular flexibility index (Phi) is 0.787. The molecule has 4 bridgehead atoms. The van der Waals surface area contributed by atoms with Gasteiger partial charge < -0.3 is 0 Å². The van der Waals surface area contributed by atoms with Crippen molar-refractivity contribution in [2.24, 2.45) is 34.5 Å². The summed E-state index contributed by atoms with van der Waals surface area (Å²) >= 11 is 0. The number of fused-ring (bicyclic) bond motifs is 2. The van der Waals surface area contributed by atoms with Gasteiger partial charge in [0.05, 0.1) is 0 Å². The quantitative estimate of drug-likeness (QED) is 0.522. The number of hydrogen-bond acceptors (Lipinski definition) is 0. The molecule has 5 saturated carbocycles. The Morgan fingerprint density at radius 1 is 0.933 bits per heavy atom. The van der Waals surface area contributed by atoms with E-state index in [1.807, 2.05) is 11.1 Å². The van der Waals surface area contributed by atoms with Crippen LogP contribution in [0, 0.1) is 34.5 Å². The monoisotopic (exact) mass is 198 g/mol. The molecular formula is C15H18. The van der Waals surface area contributed by atoms with E-state index in [0.717, 1.165) is 22.7 Å². The van der Waals surface area contributed by atoms with Crippen molar-refractivity contribution in [1.29, 1.82) is 0 Å². The predicted molar refractivity (Wildman–Crippen MR) is 58.2 cm³/mol. The summed E-state index contributed by atoms with van der Waals surface area (Å²) in [4.78, 5) is 0. The molecule has 8 aliphatic rings. The van der Waals surface area contributed by atoms with Crippen molar-refractivity contribution in [2.75, 3.05) is 0 Å². The minimum atomic E-state index is 0.948. The van der Waals surface area contributed by atoms with Crippen molar-refractivity contribution >= 4 is 0 Å². The van der Waals surface area contributed by atoms with Crippen LogP contribution in [0.25, 0.3) is 0 Å². The third-order valence-electron chi connectivity index (χ3n) is 7.66. The fourth-order valence-electron chi connectivity index (χ4n) is 7.76. The van der Waals surface area contributed by atoms with Crippen molar-refractivity contribution in [3.05, 3.63) is 11.1 Å². The summed E-state index contributed by atoms with van der Waals surface area (Å²) in [5.74, 6) is 4.73. The van der Waals surface area contributed by atoms with Crippen LogP contribution in [0.1, 0.15) is 44.9 Å². The Labute approximate surface area is 91.1 Å². The molecule has 0 saturated heterocycles. The first kappa shape index (κ1) is 7.14. The molecule has 1 unspecified atom stereocenters. The zero-order valence-electron chi connectivity index (χ0n) is 9.26. The van der Waals surface area contributed by atoms with Gasteiger partial charge >= 0.3 is 0 Å². The maximum absolute atomic E-state index is 2.02. The summed E-state index contributed by atoms with van der Waals surface area (Å²) in [6.07, 6.45) is 11.0. The predicted octanol–water partition coefficient (Wildman–Crippen LogP) is 3.53. The molecule has 5 fully saturated rings. The highest BCUT2D eigenvalue weighted by Crippen LogP contribution is 3.06. The molecule has 2 spiro atoms. The zero-order chi connectivity index (χ0) is 9.41. The molecule has 0 aliphatic heterocycles. The molecule has 0 heteroatoms. The lowest BCUT2D eigenvalue weighted by Crippen LogP contribution is -2.40. The SMILES string of the molecule is C1CC2=C(C1)[C@@H]1CC[C@H]2[C@@]23C4[C@@H]2CC[C@@]413. The number of allylic oxidation sites excluding steroid dienone is 2. The van der Waals surface area contributed by atoms with Crippen LogP contribution in [-0.4, -0.2) is 0 Å². The summed E-state index contributed by atoms with van der Waals surface area (Å²) in [7, 11) is 0. The molecule has 0 N–H and O–H groups in total. The van der Waals surface area contributed by atoms with Gasteiger partial charge in [0.2, 0.25) is 0 Å². The molecule has 8 rings (SSSR count). The van der Waals surface area contributed by atoms with Crippen molar-refractivity contribution in [3.8, 4) is 0 Å². The van der Waals surface area contributed by atoms with Gasteiger partial charge in [-0.3, -0.25) is 0 Å². The molecule has 78 valence electrons. The van der Waals surface area contributed by atoms with Crippen LogP contribution in [-0.2, 0) is 0 Å². The average molecular weight is 198 g/mol. The van der Waals surface area contributed by atoms with Crippen LogP contribution in [0.4, 0.5) is 0 Å². The molecule has 0 aromatic heterocycles. The van der Waals surface area contributed by atoms with E-state index in [2.05, 4.69) is 0 Å². The van der Waals surface area contributed by atoms with Gasteiger partial charge in [-0.05, 0) is 79.4 Å². The Morgan fingerprint density at radius 2 is 1.73 bits per heavy atom. The Balaban J connectivity index is 1.67. The van der Waals surface area contributed by atoms with E-state index in [-0.39, 0.29) is 0 Å².